The molecule has 0 radical (unpaired) electrons. The third kappa shape index (κ3) is 17.2. The van der Waals surface area contributed by atoms with E-state index in [0.29, 0.717) is 18.7 Å². The minimum absolute atomic E-state index is 0.110. The Labute approximate surface area is 241 Å². The Morgan fingerprint density at radius 3 is 2.08 bits per heavy atom. The molecule has 2 unspecified atom stereocenters. The van der Waals surface area contributed by atoms with Gasteiger partial charge in [-0.2, -0.15) is 0 Å². The maximum Gasteiger partial charge on any atom is 0.407 e. The van der Waals surface area contributed by atoms with Crippen LogP contribution in [-0.2, 0) is 25.5 Å². The van der Waals surface area contributed by atoms with Crippen LogP contribution in [0.3, 0.4) is 0 Å². The summed E-state index contributed by atoms with van der Waals surface area (Å²) in [4.78, 5) is 38.4. The standard InChI is InChI=1S/C13H16N2O4.C12H17NO2.3C2H6/c1-8-3-4-11(19-8)12(16)15-9-5-6-14-10(7-9)13(17)18-2;1-12(2,3)15-11(14)13-9-10-7-5-4-6-8-10;3*1-2/h5-8,11H,3-4H2,1-2H3,(H,14,15,16);4-8H,9H2,1-3H3,(H,13,14);3*1-2H3. The molecule has 3 rings (SSSR count). The molecule has 0 aliphatic carbocycles. The van der Waals surface area contributed by atoms with Crippen LogP contribution in [0.15, 0.2) is 48.7 Å². The van der Waals surface area contributed by atoms with Crippen LogP contribution in [0.4, 0.5) is 10.5 Å². The van der Waals surface area contributed by atoms with Crippen molar-refractivity contribution < 1.29 is 28.6 Å². The molecule has 9 nitrogen and oxygen atoms in total. The van der Waals surface area contributed by atoms with Gasteiger partial charge >= 0.3 is 12.1 Å². The zero-order valence-corrected chi connectivity index (χ0v) is 26.3. The summed E-state index contributed by atoms with van der Waals surface area (Å²) in [7, 11) is 1.28. The number of ether oxygens (including phenoxy) is 3. The van der Waals surface area contributed by atoms with Gasteiger partial charge in [0.15, 0.2) is 0 Å². The van der Waals surface area contributed by atoms with Gasteiger partial charge in [-0.3, -0.25) is 4.79 Å². The number of methoxy groups -OCH3 is 1. The van der Waals surface area contributed by atoms with E-state index in [9.17, 15) is 14.4 Å². The monoisotopic (exact) mass is 561 g/mol. The predicted molar refractivity (Wildman–Crippen MR) is 161 cm³/mol. The maximum absolute atomic E-state index is 11.9. The number of nitrogens with zero attached hydrogens (tertiary/aromatic N) is 1. The van der Waals surface area contributed by atoms with E-state index in [0.717, 1.165) is 12.0 Å². The molecule has 0 spiro atoms. The SMILES string of the molecule is CC.CC.CC.CC(C)(C)OC(=O)NCc1ccccc1.COC(=O)c1cc(NC(=O)C2CCC(C)O2)ccn1. The Morgan fingerprint density at radius 2 is 1.57 bits per heavy atom. The molecule has 1 aromatic carbocycles. The highest BCUT2D eigenvalue weighted by Gasteiger charge is 2.28. The molecule has 2 aromatic rings. The zero-order valence-electron chi connectivity index (χ0n) is 26.3. The number of carbonyl (C=O) groups excluding carboxylic acids is 3. The van der Waals surface area contributed by atoms with Crippen molar-refractivity contribution in [3.8, 4) is 0 Å². The topological polar surface area (TPSA) is 116 Å². The molecule has 0 bridgehead atoms. The number of esters is 1. The van der Waals surface area contributed by atoms with Gasteiger partial charge in [0.25, 0.3) is 5.91 Å². The van der Waals surface area contributed by atoms with Gasteiger partial charge in [0.1, 0.15) is 17.4 Å². The molecule has 9 heteroatoms. The van der Waals surface area contributed by atoms with Gasteiger partial charge in [0.2, 0.25) is 0 Å². The quantitative estimate of drug-likeness (QED) is 0.372. The van der Waals surface area contributed by atoms with Gasteiger partial charge in [-0.1, -0.05) is 71.9 Å². The van der Waals surface area contributed by atoms with Crippen LogP contribution in [0.2, 0.25) is 0 Å². The van der Waals surface area contributed by atoms with Gasteiger partial charge in [0, 0.05) is 18.4 Å². The first-order valence-corrected chi connectivity index (χ1v) is 14.1. The van der Waals surface area contributed by atoms with E-state index < -0.39 is 17.7 Å². The van der Waals surface area contributed by atoms with Crippen LogP contribution in [0.25, 0.3) is 0 Å². The molecule has 1 aliphatic heterocycles. The summed E-state index contributed by atoms with van der Waals surface area (Å²) in [6, 6.07) is 12.8. The van der Waals surface area contributed by atoms with Crippen LogP contribution in [0.1, 0.15) is 98.1 Å². The molecule has 2 atom stereocenters. The molecule has 0 saturated carbocycles. The van der Waals surface area contributed by atoms with Crippen LogP contribution < -0.4 is 10.6 Å². The van der Waals surface area contributed by atoms with Crippen LogP contribution in [0, 0.1) is 0 Å². The lowest BCUT2D eigenvalue weighted by atomic mass is 10.2. The molecule has 1 fully saturated rings. The fraction of sp³-hybridized carbons (Fsp3) is 0.548. The highest BCUT2D eigenvalue weighted by Crippen LogP contribution is 2.20. The Balaban J connectivity index is 0. The fourth-order valence-corrected chi connectivity index (χ4v) is 3.03. The largest absolute Gasteiger partial charge is 0.464 e. The lowest BCUT2D eigenvalue weighted by Crippen LogP contribution is -2.32. The number of anilines is 1. The van der Waals surface area contributed by atoms with Gasteiger partial charge in [-0.25, -0.2) is 14.6 Å². The molecular weight excluding hydrogens is 510 g/mol. The van der Waals surface area contributed by atoms with E-state index >= 15 is 0 Å². The summed E-state index contributed by atoms with van der Waals surface area (Å²) >= 11 is 0. The van der Waals surface area contributed by atoms with E-state index in [1.54, 1.807) is 6.07 Å². The molecule has 40 heavy (non-hydrogen) atoms. The zero-order chi connectivity index (χ0) is 31.1. The molecule has 2 heterocycles. The van der Waals surface area contributed by atoms with E-state index in [4.69, 9.17) is 9.47 Å². The first kappa shape index (κ1) is 38.7. The van der Waals surface area contributed by atoms with Gasteiger partial charge in [0.05, 0.1) is 13.2 Å². The van der Waals surface area contributed by atoms with Gasteiger partial charge in [-0.05, 0) is 58.2 Å². The summed E-state index contributed by atoms with van der Waals surface area (Å²) in [6.07, 6.45) is 2.33. The smallest absolute Gasteiger partial charge is 0.407 e. The number of benzene rings is 1. The molecule has 1 aromatic heterocycles. The molecular formula is C31H51N3O6. The second-order valence-electron chi connectivity index (χ2n) is 8.76. The van der Waals surface area contributed by atoms with Crippen molar-refractivity contribution in [2.24, 2.45) is 0 Å². The summed E-state index contributed by atoms with van der Waals surface area (Å²) in [5, 5.41) is 5.41. The molecule has 2 amide bonds. The minimum Gasteiger partial charge on any atom is -0.464 e. The summed E-state index contributed by atoms with van der Waals surface area (Å²) in [6.45, 7) is 20.0. The number of nitrogens with one attached hydrogen (secondary N) is 2. The Bertz CT molecular complexity index is 961. The second-order valence-corrected chi connectivity index (χ2v) is 8.76. The summed E-state index contributed by atoms with van der Waals surface area (Å²) in [5.41, 5.74) is 1.27. The average Bonchev–Trinajstić information content (AvgIpc) is 3.41. The highest BCUT2D eigenvalue weighted by atomic mass is 16.6. The van der Waals surface area contributed by atoms with Crippen LogP contribution in [0.5, 0.6) is 0 Å². The summed E-state index contributed by atoms with van der Waals surface area (Å²) < 4.78 is 15.2. The van der Waals surface area contributed by atoms with Crippen molar-refractivity contribution in [1.29, 1.82) is 0 Å². The Morgan fingerprint density at radius 1 is 0.975 bits per heavy atom. The third-order valence-corrected chi connectivity index (χ3v) is 4.62. The maximum atomic E-state index is 11.9. The normalized spacial score (nSPS) is 15.0. The Hall–Kier alpha value is -3.46. The number of alkyl carbamates (subject to hydrolysis) is 1. The van der Waals surface area contributed by atoms with Crippen molar-refractivity contribution in [1.82, 2.24) is 10.3 Å². The van der Waals surface area contributed by atoms with Gasteiger partial charge < -0.3 is 24.8 Å². The van der Waals surface area contributed by atoms with E-state index in [-0.39, 0.29) is 23.8 Å². The molecule has 2 N–H and O–H groups in total. The number of pyridine rings is 1. The number of carbonyl (C=O) groups is 3. The predicted octanol–water partition coefficient (Wildman–Crippen LogP) is 7.16. The Kier molecular flexibility index (Phi) is 21.6. The third-order valence-electron chi connectivity index (χ3n) is 4.62. The summed E-state index contributed by atoms with van der Waals surface area (Å²) in [5.74, 6) is -0.742. The van der Waals surface area contributed by atoms with E-state index in [2.05, 4.69) is 20.4 Å². The van der Waals surface area contributed by atoms with Crippen molar-refractivity contribution >= 4 is 23.7 Å². The number of hydrogen-bond donors (Lipinski definition) is 2. The number of hydrogen-bond acceptors (Lipinski definition) is 7. The second kappa shape index (κ2) is 22.4. The first-order chi connectivity index (χ1) is 19.1. The van der Waals surface area contributed by atoms with Crippen LogP contribution in [-0.4, -0.2) is 47.9 Å². The van der Waals surface area contributed by atoms with Crippen molar-refractivity contribution in [3.05, 3.63) is 59.9 Å². The molecule has 1 saturated heterocycles. The van der Waals surface area contributed by atoms with E-state index in [1.165, 1.54) is 19.4 Å². The van der Waals surface area contributed by atoms with Crippen molar-refractivity contribution in [2.75, 3.05) is 12.4 Å². The van der Waals surface area contributed by atoms with Crippen molar-refractivity contribution in [3.63, 3.8) is 0 Å². The van der Waals surface area contributed by atoms with Crippen LogP contribution >= 0.6 is 0 Å². The molecule has 1 aliphatic rings. The van der Waals surface area contributed by atoms with Crippen molar-refractivity contribution in [2.45, 2.75) is 106 Å². The lowest BCUT2D eigenvalue weighted by molar-refractivity contribution is -0.126. The fourth-order valence-electron chi connectivity index (χ4n) is 3.03. The first-order valence-electron chi connectivity index (χ1n) is 14.1. The number of aromatic nitrogens is 1. The lowest BCUT2D eigenvalue weighted by Gasteiger charge is -2.19. The number of amides is 2. The highest BCUT2D eigenvalue weighted by molar-refractivity contribution is 5.95. The minimum atomic E-state index is -0.540. The average molecular weight is 562 g/mol. The molecule has 226 valence electrons. The van der Waals surface area contributed by atoms with Gasteiger partial charge in [-0.15, -0.1) is 0 Å². The number of rotatable bonds is 5. The van der Waals surface area contributed by atoms with E-state index in [1.807, 2.05) is 99.6 Å².